The summed E-state index contributed by atoms with van der Waals surface area (Å²) in [5.41, 5.74) is 11.0. The lowest BCUT2D eigenvalue weighted by Gasteiger charge is -2.11. The van der Waals surface area contributed by atoms with Gasteiger partial charge in [-0.15, -0.1) is 11.8 Å². The summed E-state index contributed by atoms with van der Waals surface area (Å²) in [6.45, 7) is 6.10. The molecule has 3 rings (SSSR count). The molecule has 8 heteroatoms. The number of nitrogen functional groups attached to an aromatic ring is 1. The van der Waals surface area contributed by atoms with Crippen molar-refractivity contribution in [3.05, 3.63) is 65.0 Å². The number of benzene rings is 2. The van der Waals surface area contributed by atoms with Crippen molar-refractivity contribution in [3.63, 3.8) is 0 Å². The molecule has 0 spiro atoms. The number of hydrogen-bond acceptors (Lipinski definition) is 7. The zero-order chi connectivity index (χ0) is 21.5. The summed E-state index contributed by atoms with van der Waals surface area (Å²) in [6.07, 6.45) is 0.891. The highest BCUT2D eigenvalue weighted by Gasteiger charge is 2.09. The van der Waals surface area contributed by atoms with Crippen molar-refractivity contribution in [2.75, 3.05) is 22.1 Å². The fraction of sp³-hybridized carbons (Fsp3) is 0.273. The van der Waals surface area contributed by atoms with E-state index in [9.17, 15) is 4.79 Å². The van der Waals surface area contributed by atoms with Gasteiger partial charge in [-0.25, -0.2) is 0 Å². The minimum absolute atomic E-state index is 0.0656. The Morgan fingerprint density at radius 1 is 1.07 bits per heavy atom. The number of rotatable bonds is 8. The van der Waals surface area contributed by atoms with Crippen LogP contribution in [0.1, 0.15) is 29.4 Å². The second-order valence-electron chi connectivity index (χ2n) is 6.93. The SMILES string of the molecule is CCc1ccccc1Nc1nc(N)nc(CSCC(=O)Nc2ccc(C)cc2C)n1. The van der Waals surface area contributed by atoms with Crippen LogP contribution in [0.25, 0.3) is 0 Å². The van der Waals surface area contributed by atoms with Gasteiger partial charge in [0.1, 0.15) is 5.82 Å². The Labute approximate surface area is 180 Å². The molecule has 0 atom stereocenters. The highest BCUT2D eigenvalue weighted by Crippen LogP contribution is 2.21. The van der Waals surface area contributed by atoms with Crippen LogP contribution in [0.3, 0.4) is 0 Å². The number of carbonyl (C=O) groups is 1. The van der Waals surface area contributed by atoms with Crippen LogP contribution in [-0.2, 0) is 17.0 Å². The number of nitrogens with two attached hydrogens (primary N) is 1. The Morgan fingerprint density at radius 2 is 1.87 bits per heavy atom. The number of aryl methyl sites for hydroxylation is 3. The standard InChI is InChI=1S/C22H26N6OS/c1-4-16-7-5-6-8-18(16)25-22-27-19(26-21(23)28-22)12-30-13-20(29)24-17-10-9-14(2)11-15(17)3/h5-11H,4,12-13H2,1-3H3,(H,24,29)(H3,23,25,26,27,28). The highest BCUT2D eigenvalue weighted by molar-refractivity contribution is 7.99. The number of hydrogen-bond donors (Lipinski definition) is 3. The average Bonchev–Trinajstić information content (AvgIpc) is 2.70. The van der Waals surface area contributed by atoms with E-state index in [1.807, 2.05) is 50.2 Å². The normalized spacial score (nSPS) is 10.6. The molecule has 2 aromatic carbocycles. The first-order valence-corrected chi connectivity index (χ1v) is 10.9. The lowest BCUT2D eigenvalue weighted by Crippen LogP contribution is -2.15. The number of anilines is 4. The number of nitrogens with one attached hydrogen (secondary N) is 2. The van der Waals surface area contributed by atoms with Gasteiger partial charge in [-0.05, 0) is 43.5 Å². The molecular formula is C22H26N6OS. The van der Waals surface area contributed by atoms with E-state index < -0.39 is 0 Å². The number of nitrogens with zero attached hydrogens (tertiary/aromatic N) is 3. The van der Waals surface area contributed by atoms with Gasteiger partial charge >= 0.3 is 0 Å². The van der Waals surface area contributed by atoms with Gasteiger partial charge in [0.25, 0.3) is 0 Å². The summed E-state index contributed by atoms with van der Waals surface area (Å²) in [6, 6.07) is 13.9. The molecule has 0 fully saturated rings. The molecule has 0 unspecified atom stereocenters. The molecule has 1 aromatic heterocycles. The van der Waals surface area contributed by atoms with Gasteiger partial charge in [0.2, 0.25) is 17.8 Å². The minimum Gasteiger partial charge on any atom is -0.368 e. The topological polar surface area (TPSA) is 106 Å². The van der Waals surface area contributed by atoms with Crippen molar-refractivity contribution in [2.24, 2.45) is 0 Å². The molecule has 3 aromatic rings. The lowest BCUT2D eigenvalue weighted by molar-refractivity contribution is -0.113. The Balaban J connectivity index is 1.58. The summed E-state index contributed by atoms with van der Waals surface area (Å²) in [4.78, 5) is 25.1. The second kappa shape index (κ2) is 10.1. The smallest absolute Gasteiger partial charge is 0.234 e. The zero-order valence-electron chi connectivity index (χ0n) is 17.4. The summed E-state index contributed by atoms with van der Waals surface area (Å²) < 4.78 is 0. The van der Waals surface area contributed by atoms with Gasteiger partial charge in [0.15, 0.2) is 0 Å². The van der Waals surface area contributed by atoms with Crippen LogP contribution >= 0.6 is 11.8 Å². The Morgan fingerprint density at radius 3 is 2.63 bits per heavy atom. The fourth-order valence-corrected chi connectivity index (χ4v) is 3.68. The summed E-state index contributed by atoms with van der Waals surface area (Å²) in [7, 11) is 0. The molecule has 0 aliphatic heterocycles. The van der Waals surface area contributed by atoms with E-state index >= 15 is 0 Å². The van der Waals surface area contributed by atoms with E-state index in [0.29, 0.717) is 23.3 Å². The van der Waals surface area contributed by atoms with Crippen LogP contribution in [0.5, 0.6) is 0 Å². The average molecular weight is 423 g/mol. The summed E-state index contributed by atoms with van der Waals surface area (Å²) in [5, 5.41) is 6.16. The predicted octanol–water partition coefficient (Wildman–Crippen LogP) is 4.25. The lowest BCUT2D eigenvalue weighted by atomic mass is 10.1. The zero-order valence-corrected chi connectivity index (χ0v) is 18.2. The molecule has 30 heavy (non-hydrogen) atoms. The van der Waals surface area contributed by atoms with E-state index in [4.69, 9.17) is 5.73 Å². The Kier molecular flexibility index (Phi) is 7.24. The summed E-state index contributed by atoms with van der Waals surface area (Å²) in [5.74, 6) is 1.76. The van der Waals surface area contributed by atoms with Crippen LogP contribution in [0.15, 0.2) is 42.5 Å². The van der Waals surface area contributed by atoms with Gasteiger partial charge in [-0.3, -0.25) is 4.79 Å². The molecule has 7 nitrogen and oxygen atoms in total. The van der Waals surface area contributed by atoms with E-state index in [2.05, 4.69) is 38.6 Å². The number of carbonyl (C=O) groups excluding carboxylic acids is 1. The van der Waals surface area contributed by atoms with E-state index in [-0.39, 0.29) is 11.9 Å². The van der Waals surface area contributed by atoms with E-state index in [1.54, 1.807) is 0 Å². The van der Waals surface area contributed by atoms with Crippen LogP contribution in [0, 0.1) is 13.8 Å². The third kappa shape index (κ3) is 5.93. The molecule has 1 amide bonds. The Hall–Kier alpha value is -3.13. The molecule has 0 aliphatic rings. The highest BCUT2D eigenvalue weighted by atomic mass is 32.2. The fourth-order valence-electron chi connectivity index (χ4n) is 3.00. The third-order valence-corrected chi connectivity index (χ3v) is 5.39. The molecule has 0 radical (unpaired) electrons. The number of para-hydroxylation sites is 1. The van der Waals surface area contributed by atoms with E-state index in [0.717, 1.165) is 28.9 Å². The molecule has 0 saturated heterocycles. The maximum absolute atomic E-state index is 12.3. The second-order valence-corrected chi connectivity index (χ2v) is 7.91. The van der Waals surface area contributed by atoms with Gasteiger partial charge in [-0.2, -0.15) is 15.0 Å². The third-order valence-electron chi connectivity index (χ3n) is 4.46. The van der Waals surface area contributed by atoms with Crippen molar-refractivity contribution in [3.8, 4) is 0 Å². The molecule has 0 bridgehead atoms. The maximum atomic E-state index is 12.3. The molecule has 0 aliphatic carbocycles. The van der Waals surface area contributed by atoms with Crippen molar-refractivity contribution >= 4 is 40.9 Å². The van der Waals surface area contributed by atoms with Gasteiger partial charge in [-0.1, -0.05) is 42.8 Å². The maximum Gasteiger partial charge on any atom is 0.234 e. The van der Waals surface area contributed by atoms with Crippen LogP contribution in [0.2, 0.25) is 0 Å². The van der Waals surface area contributed by atoms with Gasteiger partial charge < -0.3 is 16.4 Å². The molecule has 0 saturated carbocycles. The monoisotopic (exact) mass is 422 g/mol. The van der Waals surface area contributed by atoms with Crippen LogP contribution in [-0.4, -0.2) is 26.6 Å². The Bertz CT molecular complexity index is 1040. The first-order chi connectivity index (χ1) is 14.4. The van der Waals surface area contributed by atoms with Crippen LogP contribution in [0.4, 0.5) is 23.3 Å². The summed E-state index contributed by atoms with van der Waals surface area (Å²) >= 11 is 1.43. The number of aromatic nitrogens is 3. The van der Waals surface area contributed by atoms with E-state index in [1.165, 1.54) is 17.3 Å². The number of thioether (sulfide) groups is 1. The molecule has 1 heterocycles. The van der Waals surface area contributed by atoms with Crippen molar-refractivity contribution in [1.82, 2.24) is 15.0 Å². The van der Waals surface area contributed by atoms with Gasteiger partial charge in [0.05, 0.1) is 11.5 Å². The first kappa shape index (κ1) is 21.6. The minimum atomic E-state index is -0.0656. The first-order valence-electron chi connectivity index (χ1n) is 9.74. The van der Waals surface area contributed by atoms with Crippen molar-refractivity contribution in [1.29, 1.82) is 0 Å². The predicted molar refractivity (Wildman–Crippen MR) is 124 cm³/mol. The molecular weight excluding hydrogens is 396 g/mol. The van der Waals surface area contributed by atoms with Crippen molar-refractivity contribution in [2.45, 2.75) is 32.9 Å². The van der Waals surface area contributed by atoms with Gasteiger partial charge in [0, 0.05) is 11.4 Å². The molecule has 156 valence electrons. The number of amides is 1. The molecule has 4 N–H and O–H groups in total. The largest absolute Gasteiger partial charge is 0.368 e. The van der Waals surface area contributed by atoms with Crippen LogP contribution < -0.4 is 16.4 Å². The van der Waals surface area contributed by atoms with Crippen molar-refractivity contribution < 1.29 is 4.79 Å². The quantitative estimate of drug-likeness (QED) is 0.498.